The van der Waals surface area contributed by atoms with Crippen LogP contribution in [0, 0.1) is 0 Å². The van der Waals surface area contributed by atoms with E-state index >= 15 is 0 Å². The Kier molecular flexibility index (Phi) is 4.55. The standard InChI is InChI=1S/C20H19ClN2O5/c1-20(13-3-5-16-17(10-13)28-8-7-27-16)18(24)23(19(25)22-20)11-12-9-14(21)4-6-15(12)26-2/h3-6,9-10H,7-8,11H2,1-2H3,(H,22,25). The van der Waals surface area contributed by atoms with Crippen LogP contribution in [0.3, 0.4) is 0 Å². The Labute approximate surface area is 167 Å². The molecule has 2 heterocycles. The molecule has 7 nitrogen and oxygen atoms in total. The Morgan fingerprint density at radius 1 is 1.14 bits per heavy atom. The molecule has 0 aliphatic carbocycles. The van der Waals surface area contributed by atoms with E-state index in [1.807, 2.05) is 0 Å². The lowest BCUT2D eigenvalue weighted by Crippen LogP contribution is -2.41. The molecule has 2 aliphatic heterocycles. The van der Waals surface area contributed by atoms with Crippen LogP contribution in [0.4, 0.5) is 4.79 Å². The zero-order chi connectivity index (χ0) is 19.9. The molecule has 1 unspecified atom stereocenters. The Morgan fingerprint density at radius 2 is 1.89 bits per heavy atom. The lowest BCUT2D eigenvalue weighted by Gasteiger charge is -2.25. The van der Waals surface area contributed by atoms with Gasteiger partial charge in [0.05, 0.1) is 13.7 Å². The molecule has 1 saturated heterocycles. The van der Waals surface area contributed by atoms with Gasteiger partial charge in [0, 0.05) is 10.6 Å². The van der Waals surface area contributed by atoms with Gasteiger partial charge in [-0.3, -0.25) is 9.69 Å². The van der Waals surface area contributed by atoms with Crippen LogP contribution in [-0.2, 0) is 16.9 Å². The number of hydrogen-bond acceptors (Lipinski definition) is 5. The molecule has 8 heteroatoms. The van der Waals surface area contributed by atoms with Crippen LogP contribution in [0.1, 0.15) is 18.1 Å². The predicted molar refractivity (Wildman–Crippen MR) is 102 cm³/mol. The number of benzene rings is 2. The van der Waals surface area contributed by atoms with E-state index in [0.29, 0.717) is 46.6 Å². The van der Waals surface area contributed by atoms with Crippen molar-refractivity contribution in [2.45, 2.75) is 19.0 Å². The third-order valence-corrected chi connectivity index (χ3v) is 5.20. The molecule has 1 atom stereocenters. The Morgan fingerprint density at radius 3 is 2.64 bits per heavy atom. The van der Waals surface area contributed by atoms with Crippen LogP contribution in [-0.4, -0.2) is 37.2 Å². The average molecular weight is 403 g/mol. The minimum atomic E-state index is -1.21. The number of rotatable bonds is 4. The number of carbonyl (C=O) groups is 2. The molecular weight excluding hydrogens is 384 g/mol. The number of methoxy groups -OCH3 is 1. The van der Waals surface area contributed by atoms with Gasteiger partial charge >= 0.3 is 6.03 Å². The molecule has 0 spiro atoms. The second kappa shape index (κ2) is 6.91. The van der Waals surface area contributed by atoms with Crippen molar-refractivity contribution in [2.75, 3.05) is 20.3 Å². The van der Waals surface area contributed by atoms with Gasteiger partial charge in [0.25, 0.3) is 5.91 Å². The van der Waals surface area contributed by atoms with Gasteiger partial charge in [-0.1, -0.05) is 17.7 Å². The number of ether oxygens (including phenoxy) is 3. The number of hydrogen-bond donors (Lipinski definition) is 1. The van der Waals surface area contributed by atoms with Crippen LogP contribution in [0.15, 0.2) is 36.4 Å². The maximum Gasteiger partial charge on any atom is 0.325 e. The number of urea groups is 1. The molecule has 0 aromatic heterocycles. The van der Waals surface area contributed by atoms with Gasteiger partial charge in [0.2, 0.25) is 0 Å². The van der Waals surface area contributed by atoms with E-state index in [0.717, 1.165) is 4.90 Å². The van der Waals surface area contributed by atoms with Crippen molar-refractivity contribution in [3.63, 3.8) is 0 Å². The van der Waals surface area contributed by atoms with E-state index in [1.165, 1.54) is 7.11 Å². The summed E-state index contributed by atoms with van der Waals surface area (Å²) in [5, 5.41) is 3.29. The van der Waals surface area contributed by atoms with Crippen molar-refractivity contribution in [1.82, 2.24) is 10.2 Å². The monoisotopic (exact) mass is 402 g/mol. The number of nitrogens with one attached hydrogen (secondary N) is 1. The van der Waals surface area contributed by atoms with Crippen LogP contribution in [0.25, 0.3) is 0 Å². The number of fused-ring (bicyclic) bond motifs is 1. The van der Waals surface area contributed by atoms with Gasteiger partial charge in [0.1, 0.15) is 24.5 Å². The molecule has 1 fully saturated rings. The topological polar surface area (TPSA) is 77.1 Å². The van der Waals surface area contributed by atoms with E-state index in [-0.39, 0.29) is 12.5 Å². The lowest BCUT2D eigenvalue weighted by molar-refractivity contribution is -0.131. The minimum Gasteiger partial charge on any atom is -0.496 e. The van der Waals surface area contributed by atoms with Crippen molar-refractivity contribution in [3.05, 3.63) is 52.5 Å². The van der Waals surface area contributed by atoms with Gasteiger partial charge in [-0.15, -0.1) is 0 Å². The summed E-state index contributed by atoms with van der Waals surface area (Å²) in [5.74, 6) is 1.37. The van der Waals surface area contributed by atoms with E-state index in [4.69, 9.17) is 25.8 Å². The zero-order valence-electron chi connectivity index (χ0n) is 15.5. The average Bonchev–Trinajstić information content (AvgIpc) is 2.92. The molecule has 1 N–H and O–H groups in total. The Bertz CT molecular complexity index is 964. The highest BCUT2D eigenvalue weighted by molar-refractivity contribution is 6.30. The molecule has 4 rings (SSSR count). The summed E-state index contributed by atoms with van der Waals surface area (Å²) in [6.45, 7) is 2.64. The first-order valence-electron chi connectivity index (χ1n) is 8.79. The molecule has 0 saturated carbocycles. The summed E-state index contributed by atoms with van der Waals surface area (Å²) in [6, 6.07) is 9.83. The van der Waals surface area contributed by atoms with Crippen LogP contribution in [0.2, 0.25) is 5.02 Å². The molecule has 2 aromatic carbocycles. The summed E-state index contributed by atoms with van der Waals surface area (Å²) in [7, 11) is 1.53. The van der Waals surface area contributed by atoms with E-state index in [9.17, 15) is 9.59 Å². The fourth-order valence-electron chi connectivity index (χ4n) is 3.43. The molecule has 2 aromatic rings. The second-order valence-corrected chi connectivity index (χ2v) is 7.20. The maximum absolute atomic E-state index is 13.2. The van der Waals surface area contributed by atoms with Crippen molar-refractivity contribution in [2.24, 2.45) is 0 Å². The van der Waals surface area contributed by atoms with E-state index < -0.39 is 11.6 Å². The smallest absolute Gasteiger partial charge is 0.325 e. The summed E-state index contributed by atoms with van der Waals surface area (Å²) in [5.41, 5.74) is 0.0548. The number of amides is 3. The van der Waals surface area contributed by atoms with Crippen LogP contribution < -0.4 is 19.5 Å². The molecule has 3 amide bonds. The van der Waals surface area contributed by atoms with Crippen LogP contribution >= 0.6 is 11.6 Å². The Hall–Kier alpha value is -2.93. The quantitative estimate of drug-likeness (QED) is 0.795. The molecule has 2 aliphatic rings. The largest absolute Gasteiger partial charge is 0.496 e. The molecule has 146 valence electrons. The molecule has 0 radical (unpaired) electrons. The van der Waals surface area contributed by atoms with Crippen molar-refractivity contribution in [3.8, 4) is 17.2 Å². The Balaban J connectivity index is 1.64. The number of imide groups is 1. The number of nitrogens with zero attached hydrogens (tertiary/aromatic N) is 1. The normalized spacial score (nSPS) is 20.9. The summed E-state index contributed by atoms with van der Waals surface area (Å²) >= 11 is 6.07. The van der Waals surface area contributed by atoms with Crippen molar-refractivity contribution >= 4 is 23.5 Å². The number of carbonyl (C=O) groups excluding carboxylic acids is 2. The number of halogens is 1. The van der Waals surface area contributed by atoms with Crippen LogP contribution in [0.5, 0.6) is 17.2 Å². The fraction of sp³-hybridized carbons (Fsp3) is 0.300. The van der Waals surface area contributed by atoms with Crippen molar-refractivity contribution in [1.29, 1.82) is 0 Å². The fourth-order valence-corrected chi connectivity index (χ4v) is 3.63. The van der Waals surface area contributed by atoms with Gasteiger partial charge in [-0.2, -0.15) is 0 Å². The molecule has 28 heavy (non-hydrogen) atoms. The predicted octanol–water partition coefficient (Wildman–Crippen LogP) is 3.09. The highest BCUT2D eigenvalue weighted by Gasteiger charge is 2.49. The highest BCUT2D eigenvalue weighted by atomic mass is 35.5. The maximum atomic E-state index is 13.2. The second-order valence-electron chi connectivity index (χ2n) is 6.76. The SMILES string of the molecule is COc1ccc(Cl)cc1CN1C(=O)NC(C)(c2ccc3c(c2)OCCO3)C1=O. The third kappa shape index (κ3) is 3.01. The lowest BCUT2D eigenvalue weighted by atomic mass is 9.91. The third-order valence-electron chi connectivity index (χ3n) is 4.97. The first-order chi connectivity index (χ1) is 13.4. The summed E-state index contributed by atoms with van der Waals surface area (Å²) in [4.78, 5) is 27.0. The van der Waals surface area contributed by atoms with Gasteiger partial charge in [-0.25, -0.2) is 4.79 Å². The van der Waals surface area contributed by atoms with Gasteiger partial charge < -0.3 is 19.5 Å². The van der Waals surface area contributed by atoms with E-state index in [1.54, 1.807) is 43.3 Å². The van der Waals surface area contributed by atoms with Gasteiger partial charge in [-0.05, 0) is 42.8 Å². The highest BCUT2D eigenvalue weighted by Crippen LogP contribution is 2.37. The summed E-state index contributed by atoms with van der Waals surface area (Å²) < 4.78 is 16.4. The first kappa shape index (κ1) is 18.4. The summed E-state index contributed by atoms with van der Waals surface area (Å²) in [6.07, 6.45) is 0. The first-order valence-corrected chi connectivity index (χ1v) is 9.17. The van der Waals surface area contributed by atoms with Gasteiger partial charge in [0.15, 0.2) is 11.5 Å². The zero-order valence-corrected chi connectivity index (χ0v) is 16.2. The molecular formula is C20H19ClN2O5. The van der Waals surface area contributed by atoms with E-state index in [2.05, 4.69) is 5.32 Å². The van der Waals surface area contributed by atoms with Crippen molar-refractivity contribution < 1.29 is 23.8 Å². The minimum absolute atomic E-state index is 0.0501. The molecule has 0 bridgehead atoms.